The van der Waals surface area contributed by atoms with Gasteiger partial charge in [0.2, 0.25) is 5.91 Å². The van der Waals surface area contributed by atoms with Crippen molar-refractivity contribution in [3.8, 4) is 17.1 Å². The lowest BCUT2D eigenvalue weighted by Gasteiger charge is -2.10. The molecule has 9 heteroatoms. The second-order valence-electron chi connectivity index (χ2n) is 7.52. The van der Waals surface area contributed by atoms with E-state index in [9.17, 15) is 9.59 Å². The maximum absolute atomic E-state index is 12.8. The summed E-state index contributed by atoms with van der Waals surface area (Å²) in [6.45, 7) is 2.34. The molecule has 0 radical (unpaired) electrons. The summed E-state index contributed by atoms with van der Waals surface area (Å²) in [6.07, 6.45) is 1.62. The van der Waals surface area contributed by atoms with Gasteiger partial charge >= 0.3 is 0 Å². The van der Waals surface area contributed by atoms with Crippen molar-refractivity contribution in [2.24, 2.45) is 0 Å². The van der Waals surface area contributed by atoms with E-state index in [-0.39, 0.29) is 17.4 Å². The fourth-order valence-electron chi connectivity index (χ4n) is 3.32. The summed E-state index contributed by atoms with van der Waals surface area (Å²) < 4.78 is 12.8. The SMILES string of the molecule is COc1cccc(-c2nnc(SCC(=O)c3ccc(CNC(C)=O)cc3)n2Cc2ccco2)c1. The van der Waals surface area contributed by atoms with E-state index < -0.39 is 0 Å². The number of thioether (sulfide) groups is 1. The number of ether oxygens (including phenoxy) is 1. The molecule has 1 N–H and O–H groups in total. The second-order valence-corrected chi connectivity index (χ2v) is 8.46. The molecule has 0 saturated heterocycles. The zero-order chi connectivity index (χ0) is 23.9. The van der Waals surface area contributed by atoms with E-state index in [0.717, 1.165) is 22.6 Å². The van der Waals surface area contributed by atoms with Crippen LogP contribution in [-0.4, -0.2) is 39.3 Å². The van der Waals surface area contributed by atoms with Crippen LogP contribution in [0.1, 0.15) is 28.6 Å². The van der Waals surface area contributed by atoms with Crippen molar-refractivity contribution in [1.82, 2.24) is 20.1 Å². The van der Waals surface area contributed by atoms with Gasteiger partial charge in [0.25, 0.3) is 0 Å². The zero-order valence-corrected chi connectivity index (χ0v) is 19.7. The molecule has 0 spiro atoms. The molecule has 0 saturated carbocycles. The van der Waals surface area contributed by atoms with Crippen molar-refractivity contribution < 1.29 is 18.7 Å². The van der Waals surface area contributed by atoms with E-state index in [0.29, 0.717) is 29.6 Å². The number of benzene rings is 2. The molecule has 2 aromatic carbocycles. The predicted octanol–water partition coefficient (Wildman–Crippen LogP) is 4.21. The number of methoxy groups -OCH3 is 1. The van der Waals surface area contributed by atoms with Gasteiger partial charge in [-0.3, -0.25) is 14.2 Å². The fourth-order valence-corrected chi connectivity index (χ4v) is 4.15. The number of nitrogens with zero attached hydrogens (tertiary/aromatic N) is 3. The number of hydrogen-bond acceptors (Lipinski definition) is 7. The number of ketones is 1. The highest BCUT2D eigenvalue weighted by Crippen LogP contribution is 2.28. The highest BCUT2D eigenvalue weighted by molar-refractivity contribution is 7.99. The molecule has 4 rings (SSSR count). The summed E-state index contributed by atoms with van der Waals surface area (Å²) in [4.78, 5) is 23.9. The summed E-state index contributed by atoms with van der Waals surface area (Å²) in [5.41, 5.74) is 2.39. The molecule has 0 aliphatic rings. The Morgan fingerprint density at radius 2 is 1.91 bits per heavy atom. The van der Waals surface area contributed by atoms with E-state index in [1.54, 1.807) is 25.5 Å². The average Bonchev–Trinajstić information content (AvgIpc) is 3.52. The number of amides is 1. The van der Waals surface area contributed by atoms with E-state index in [1.807, 2.05) is 53.1 Å². The van der Waals surface area contributed by atoms with Crippen LogP contribution in [0.4, 0.5) is 0 Å². The molecule has 0 aliphatic carbocycles. The highest BCUT2D eigenvalue weighted by atomic mass is 32.2. The van der Waals surface area contributed by atoms with Crippen LogP contribution in [0.3, 0.4) is 0 Å². The first-order valence-corrected chi connectivity index (χ1v) is 11.6. The number of furan rings is 1. The Bertz CT molecular complexity index is 1270. The van der Waals surface area contributed by atoms with Gasteiger partial charge in [0.05, 0.1) is 25.7 Å². The van der Waals surface area contributed by atoms with Gasteiger partial charge in [-0.05, 0) is 29.8 Å². The lowest BCUT2D eigenvalue weighted by atomic mass is 10.1. The molecule has 8 nitrogen and oxygen atoms in total. The Hall–Kier alpha value is -3.85. The Balaban J connectivity index is 1.51. The number of carbonyl (C=O) groups is 2. The van der Waals surface area contributed by atoms with E-state index >= 15 is 0 Å². The van der Waals surface area contributed by atoms with Crippen LogP contribution < -0.4 is 10.1 Å². The number of Topliss-reactive ketones (excluding diaryl/α,β-unsaturated/α-hetero) is 1. The normalized spacial score (nSPS) is 10.8. The molecule has 0 fully saturated rings. The number of hydrogen-bond donors (Lipinski definition) is 1. The zero-order valence-electron chi connectivity index (χ0n) is 18.9. The number of nitrogens with one attached hydrogen (secondary N) is 1. The summed E-state index contributed by atoms with van der Waals surface area (Å²) >= 11 is 1.33. The highest BCUT2D eigenvalue weighted by Gasteiger charge is 2.18. The second kappa shape index (κ2) is 10.8. The van der Waals surface area contributed by atoms with Crippen molar-refractivity contribution in [3.05, 3.63) is 83.8 Å². The Kier molecular flexibility index (Phi) is 7.44. The van der Waals surface area contributed by atoms with Gasteiger partial charge < -0.3 is 14.5 Å². The van der Waals surface area contributed by atoms with Gasteiger partial charge in [0.15, 0.2) is 16.8 Å². The summed E-state index contributed by atoms with van der Waals surface area (Å²) in [5, 5.41) is 12.1. The van der Waals surface area contributed by atoms with Crippen LogP contribution in [0.2, 0.25) is 0 Å². The predicted molar refractivity (Wildman–Crippen MR) is 129 cm³/mol. The molecule has 1 amide bonds. The molecular formula is C25H24N4O4S. The van der Waals surface area contributed by atoms with Crippen LogP contribution >= 0.6 is 11.8 Å². The first-order valence-electron chi connectivity index (χ1n) is 10.6. The largest absolute Gasteiger partial charge is 0.497 e. The van der Waals surface area contributed by atoms with Crippen molar-refractivity contribution in [3.63, 3.8) is 0 Å². The molecule has 2 heterocycles. The molecular weight excluding hydrogens is 452 g/mol. The topological polar surface area (TPSA) is 99.3 Å². The van der Waals surface area contributed by atoms with Crippen molar-refractivity contribution in [1.29, 1.82) is 0 Å². The van der Waals surface area contributed by atoms with Gasteiger partial charge in [-0.15, -0.1) is 10.2 Å². The summed E-state index contributed by atoms with van der Waals surface area (Å²) in [5.74, 6) is 2.23. The number of carbonyl (C=O) groups excluding carboxylic acids is 2. The molecule has 2 aromatic heterocycles. The Morgan fingerprint density at radius 1 is 1.09 bits per heavy atom. The number of aromatic nitrogens is 3. The van der Waals surface area contributed by atoms with Crippen LogP contribution in [0.15, 0.2) is 76.5 Å². The third kappa shape index (κ3) is 5.74. The van der Waals surface area contributed by atoms with E-state index in [4.69, 9.17) is 9.15 Å². The minimum absolute atomic E-state index is 0.0217. The smallest absolute Gasteiger partial charge is 0.217 e. The maximum atomic E-state index is 12.8. The first-order chi connectivity index (χ1) is 16.5. The molecule has 34 heavy (non-hydrogen) atoms. The molecule has 0 unspecified atom stereocenters. The Labute approximate surface area is 201 Å². The fraction of sp³-hybridized carbons (Fsp3) is 0.200. The third-order valence-corrected chi connectivity index (χ3v) is 6.06. The van der Waals surface area contributed by atoms with E-state index in [2.05, 4.69) is 15.5 Å². The minimum Gasteiger partial charge on any atom is -0.497 e. The van der Waals surface area contributed by atoms with E-state index in [1.165, 1.54) is 18.7 Å². The van der Waals surface area contributed by atoms with Gasteiger partial charge in [0.1, 0.15) is 11.5 Å². The monoisotopic (exact) mass is 476 g/mol. The van der Waals surface area contributed by atoms with Gasteiger partial charge in [-0.1, -0.05) is 48.2 Å². The van der Waals surface area contributed by atoms with Gasteiger partial charge in [0, 0.05) is 24.6 Å². The molecule has 0 atom stereocenters. The quantitative estimate of drug-likeness (QED) is 0.270. The van der Waals surface area contributed by atoms with Crippen molar-refractivity contribution >= 4 is 23.5 Å². The van der Waals surface area contributed by atoms with Crippen molar-refractivity contribution in [2.45, 2.75) is 25.2 Å². The lowest BCUT2D eigenvalue weighted by molar-refractivity contribution is -0.119. The number of rotatable bonds is 10. The maximum Gasteiger partial charge on any atom is 0.217 e. The molecule has 4 aromatic rings. The standard InChI is InChI=1S/C25H24N4O4S/c1-17(30)26-14-18-8-10-19(11-9-18)23(31)16-34-25-28-27-24(20-5-3-6-21(13-20)32-2)29(25)15-22-7-4-12-33-22/h3-13H,14-16H2,1-2H3,(H,26,30). The molecule has 0 bridgehead atoms. The summed E-state index contributed by atoms with van der Waals surface area (Å²) in [7, 11) is 1.62. The van der Waals surface area contributed by atoms with Gasteiger partial charge in [-0.2, -0.15) is 0 Å². The lowest BCUT2D eigenvalue weighted by Crippen LogP contribution is -2.18. The average molecular weight is 477 g/mol. The minimum atomic E-state index is -0.0940. The third-order valence-electron chi connectivity index (χ3n) is 5.09. The summed E-state index contributed by atoms with van der Waals surface area (Å²) in [6, 6.07) is 18.5. The van der Waals surface area contributed by atoms with Crippen LogP contribution in [0, 0.1) is 0 Å². The van der Waals surface area contributed by atoms with Crippen LogP contribution in [0.25, 0.3) is 11.4 Å². The van der Waals surface area contributed by atoms with Crippen LogP contribution in [0.5, 0.6) is 5.75 Å². The molecule has 0 aliphatic heterocycles. The van der Waals surface area contributed by atoms with Crippen LogP contribution in [-0.2, 0) is 17.9 Å². The molecule has 174 valence electrons. The first kappa shape index (κ1) is 23.3. The Morgan fingerprint density at radius 3 is 2.62 bits per heavy atom. The van der Waals surface area contributed by atoms with Crippen molar-refractivity contribution in [2.75, 3.05) is 12.9 Å². The van der Waals surface area contributed by atoms with Gasteiger partial charge in [-0.25, -0.2) is 0 Å².